The summed E-state index contributed by atoms with van der Waals surface area (Å²) in [6, 6.07) is 5.03. The van der Waals surface area contributed by atoms with E-state index in [-0.39, 0.29) is 11.9 Å². The van der Waals surface area contributed by atoms with Crippen molar-refractivity contribution in [3.63, 3.8) is 0 Å². The molecule has 0 spiro atoms. The van der Waals surface area contributed by atoms with Gasteiger partial charge in [0, 0.05) is 16.8 Å². The second-order valence-electron chi connectivity index (χ2n) is 4.74. The molecule has 17 heavy (non-hydrogen) atoms. The monoisotopic (exact) mass is 254 g/mol. The van der Waals surface area contributed by atoms with Crippen LogP contribution in [0.25, 0.3) is 0 Å². The van der Waals surface area contributed by atoms with Crippen LogP contribution in [0.15, 0.2) is 18.2 Å². The molecule has 1 unspecified atom stereocenters. The Balaban J connectivity index is 2.73. The predicted octanol–water partition coefficient (Wildman–Crippen LogP) is 3.09. The Morgan fingerprint density at radius 2 is 2.06 bits per heavy atom. The summed E-state index contributed by atoms with van der Waals surface area (Å²) in [5.41, 5.74) is 6.63. The number of nitrogens with two attached hydrogens (primary N) is 1. The van der Waals surface area contributed by atoms with Crippen molar-refractivity contribution in [1.29, 1.82) is 0 Å². The van der Waals surface area contributed by atoms with Crippen LogP contribution in [0.4, 0.5) is 5.69 Å². The number of amides is 1. The van der Waals surface area contributed by atoms with Gasteiger partial charge in [0.25, 0.3) is 5.91 Å². The van der Waals surface area contributed by atoms with Gasteiger partial charge < -0.3 is 11.1 Å². The number of nitrogen functional groups attached to an aromatic ring is 1. The molecule has 0 aliphatic heterocycles. The first-order valence-corrected chi connectivity index (χ1v) is 6.14. The third kappa shape index (κ3) is 4.27. The lowest BCUT2D eigenvalue weighted by Crippen LogP contribution is -2.33. The molecule has 0 fully saturated rings. The lowest BCUT2D eigenvalue weighted by atomic mass is 10.0. The van der Waals surface area contributed by atoms with E-state index in [9.17, 15) is 4.79 Å². The van der Waals surface area contributed by atoms with Crippen molar-refractivity contribution in [3.8, 4) is 0 Å². The highest BCUT2D eigenvalue weighted by molar-refractivity contribution is 6.31. The molecular weight excluding hydrogens is 236 g/mol. The zero-order chi connectivity index (χ0) is 13.0. The van der Waals surface area contributed by atoms with Gasteiger partial charge in [0.05, 0.1) is 5.56 Å². The number of anilines is 1. The molecule has 94 valence electrons. The predicted molar refractivity (Wildman–Crippen MR) is 72.2 cm³/mol. The van der Waals surface area contributed by atoms with Gasteiger partial charge in [-0.2, -0.15) is 0 Å². The number of nitrogens with one attached hydrogen (secondary N) is 1. The molecule has 3 nitrogen and oxygen atoms in total. The Bertz CT molecular complexity index is 404. The van der Waals surface area contributed by atoms with Gasteiger partial charge in [0.1, 0.15) is 0 Å². The van der Waals surface area contributed by atoms with E-state index in [1.165, 1.54) is 0 Å². The molecule has 1 aromatic carbocycles. The minimum absolute atomic E-state index is 0.126. The van der Waals surface area contributed by atoms with Crippen molar-refractivity contribution in [2.75, 3.05) is 5.73 Å². The summed E-state index contributed by atoms with van der Waals surface area (Å²) in [6.45, 7) is 6.23. The molecule has 1 rings (SSSR count). The number of carbonyl (C=O) groups excluding carboxylic acids is 1. The van der Waals surface area contributed by atoms with Crippen molar-refractivity contribution in [2.24, 2.45) is 5.92 Å². The van der Waals surface area contributed by atoms with Crippen LogP contribution in [-0.2, 0) is 0 Å². The van der Waals surface area contributed by atoms with Gasteiger partial charge in [-0.3, -0.25) is 4.79 Å². The SMILES string of the molecule is CC(C)CC(C)NC(=O)c1cc(Cl)ccc1N. The molecule has 0 aromatic heterocycles. The van der Waals surface area contributed by atoms with Crippen molar-refractivity contribution >= 4 is 23.2 Å². The van der Waals surface area contributed by atoms with E-state index in [0.717, 1.165) is 6.42 Å². The summed E-state index contributed by atoms with van der Waals surface area (Å²) in [4.78, 5) is 12.0. The van der Waals surface area contributed by atoms with E-state index in [0.29, 0.717) is 22.2 Å². The highest BCUT2D eigenvalue weighted by atomic mass is 35.5. The number of hydrogen-bond donors (Lipinski definition) is 2. The van der Waals surface area contributed by atoms with E-state index >= 15 is 0 Å². The molecular formula is C13H19ClN2O. The smallest absolute Gasteiger partial charge is 0.253 e. The van der Waals surface area contributed by atoms with Crippen LogP contribution in [0.2, 0.25) is 5.02 Å². The largest absolute Gasteiger partial charge is 0.398 e. The van der Waals surface area contributed by atoms with Crippen LogP contribution in [0, 0.1) is 5.92 Å². The zero-order valence-electron chi connectivity index (χ0n) is 10.5. The maximum Gasteiger partial charge on any atom is 0.253 e. The molecule has 1 atom stereocenters. The van der Waals surface area contributed by atoms with Gasteiger partial charge in [-0.15, -0.1) is 0 Å². The normalized spacial score (nSPS) is 12.5. The first kappa shape index (κ1) is 13.8. The van der Waals surface area contributed by atoms with Gasteiger partial charge in [-0.25, -0.2) is 0 Å². The topological polar surface area (TPSA) is 55.1 Å². The Labute approximate surface area is 107 Å². The fraction of sp³-hybridized carbons (Fsp3) is 0.462. The van der Waals surface area contributed by atoms with Gasteiger partial charge in [-0.1, -0.05) is 25.4 Å². The Morgan fingerprint density at radius 3 is 2.65 bits per heavy atom. The van der Waals surface area contributed by atoms with Crippen LogP contribution in [0.1, 0.15) is 37.6 Å². The average Bonchev–Trinajstić information content (AvgIpc) is 2.20. The van der Waals surface area contributed by atoms with Crippen LogP contribution < -0.4 is 11.1 Å². The van der Waals surface area contributed by atoms with Crippen molar-refractivity contribution in [2.45, 2.75) is 33.2 Å². The quantitative estimate of drug-likeness (QED) is 0.812. The van der Waals surface area contributed by atoms with Crippen LogP contribution in [0.5, 0.6) is 0 Å². The van der Waals surface area contributed by atoms with Gasteiger partial charge >= 0.3 is 0 Å². The number of carbonyl (C=O) groups is 1. The number of halogens is 1. The van der Waals surface area contributed by atoms with E-state index in [2.05, 4.69) is 19.2 Å². The van der Waals surface area contributed by atoms with Crippen LogP contribution in [-0.4, -0.2) is 11.9 Å². The lowest BCUT2D eigenvalue weighted by molar-refractivity contribution is 0.0937. The maximum absolute atomic E-state index is 12.0. The molecule has 0 heterocycles. The summed E-state index contributed by atoms with van der Waals surface area (Å²) in [5, 5.41) is 3.43. The standard InChI is InChI=1S/C13H19ClN2O/c1-8(2)6-9(3)16-13(17)11-7-10(14)4-5-12(11)15/h4-5,7-9H,6,15H2,1-3H3,(H,16,17). The second kappa shape index (κ2) is 5.92. The average molecular weight is 255 g/mol. The highest BCUT2D eigenvalue weighted by Gasteiger charge is 2.13. The number of rotatable bonds is 4. The van der Waals surface area contributed by atoms with Crippen LogP contribution in [0.3, 0.4) is 0 Å². The van der Waals surface area contributed by atoms with Crippen molar-refractivity contribution in [3.05, 3.63) is 28.8 Å². The summed E-state index contributed by atoms with van der Waals surface area (Å²) >= 11 is 5.85. The highest BCUT2D eigenvalue weighted by Crippen LogP contribution is 2.18. The molecule has 0 saturated carbocycles. The molecule has 3 N–H and O–H groups in total. The minimum Gasteiger partial charge on any atom is -0.398 e. The third-order valence-corrected chi connectivity index (χ3v) is 2.70. The molecule has 0 aliphatic carbocycles. The van der Waals surface area contributed by atoms with Crippen LogP contribution >= 0.6 is 11.6 Å². The van der Waals surface area contributed by atoms with Gasteiger partial charge in [0.15, 0.2) is 0 Å². The molecule has 4 heteroatoms. The van der Waals surface area contributed by atoms with E-state index in [4.69, 9.17) is 17.3 Å². The molecule has 1 aromatic rings. The second-order valence-corrected chi connectivity index (χ2v) is 5.17. The van der Waals surface area contributed by atoms with E-state index < -0.39 is 0 Å². The zero-order valence-corrected chi connectivity index (χ0v) is 11.2. The Hall–Kier alpha value is -1.22. The van der Waals surface area contributed by atoms with Crippen molar-refractivity contribution < 1.29 is 4.79 Å². The molecule has 0 aliphatic rings. The number of hydrogen-bond acceptors (Lipinski definition) is 2. The van der Waals surface area contributed by atoms with E-state index in [1.807, 2.05) is 6.92 Å². The van der Waals surface area contributed by atoms with Crippen molar-refractivity contribution in [1.82, 2.24) is 5.32 Å². The first-order chi connectivity index (χ1) is 7.90. The lowest BCUT2D eigenvalue weighted by Gasteiger charge is -2.16. The molecule has 0 saturated heterocycles. The summed E-state index contributed by atoms with van der Waals surface area (Å²) < 4.78 is 0. The Kier molecular flexibility index (Phi) is 4.82. The molecule has 0 bridgehead atoms. The summed E-state index contributed by atoms with van der Waals surface area (Å²) in [5.74, 6) is 0.375. The molecule has 0 radical (unpaired) electrons. The fourth-order valence-corrected chi connectivity index (χ4v) is 1.96. The fourth-order valence-electron chi connectivity index (χ4n) is 1.79. The third-order valence-electron chi connectivity index (χ3n) is 2.46. The van der Waals surface area contributed by atoms with E-state index in [1.54, 1.807) is 18.2 Å². The maximum atomic E-state index is 12.0. The summed E-state index contributed by atoms with van der Waals surface area (Å²) in [7, 11) is 0. The molecule has 1 amide bonds. The van der Waals surface area contributed by atoms with Gasteiger partial charge in [-0.05, 0) is 37.5 Å². The Morgan fingerprint density at radius 1 is 1.41 bits per heavy atom. The van der Waals surface area contributed by atoms with Gasteiger partial charge in [0.2, 0.25) is 0 Å². The number of benzene rings is 1. The summed E-state index contributed by atoms with van der Waals surface area (Å²) in [6.07, 6.45) is 0.937. The first-order valence-electron chi connectivity index (χ1n) is 5.76. The minimum atomic E-state index is -0.168.